The van der Waals surface area contributed by atoms with Gasteiger partial charge in [0.25, 0.3) is 0 Å². The fourth-order valence-corrected chi connectivity index (χ4v) is 4.14. The van der Waals surface area contributed by atoms with E-state index in [1.807, 2.05) is 37.4 Å². The monoisotopic (exact) mass is 365 g/mol. The zero-order valence-corrected chi connectivity index (χ0v) is 16.1. The molecule has 1 unspecified atom stereocenters. The standard InChI is InChI=1S/C21H23N3OS/c1-13(2)10-17(22-3)21-24-18(12-26-21)14-8-9-20-16(11-14)23-15-6-4-5-7-19(15)25-20/h4-9,11-13,17,22-23H,10H2,1-3H3. The molecule has 2 aromatic carbocycles. The van der Waals surface area contributed by atoms with Crippen molar-refractivity contribution in [2.45, 2.75) is 26.3 Å². The number of hydrogen-bond acceptors (Lipinski definition) is 5. The number of ether oxygens (including phenoxy) is 1. The highest BCUT2D eigenvalue weighted by atomic mass is 32.1. The van der Waals surface area contributed by atoms with E-state index in [2.05, 4.69) is 42.0 Å². The Morgan fingerprint density at radius 1 is 1.12 bits per heavy atom. The van der Waals surface area contributed by atoms with Crippen LogP contribution in [-0.2, 0) is 0 Å². The number of para-hydroxylation sites is 2. The van der Waals surface area contributed by atoms with Gasteiger partial charge >= 0.3 is 0 Å². The van der Waals surface area contributed by atoms with E-state index in [4.69, 9.17) is 9.72 Å². The van der Waals surface area contributed by atoms with Gasteiger partial charge in [-0.15, -0.1) is 11.3 Å². The molecule has 0 aliphatic carbocycles. The summed E-state index contributed by atoms with van der Waals surface area (Å²) in [5.41, 5.74) is 4.07. The fraction of sp³-hybridized carbons (Fsp3) is 0.286. The van der Waals surface area contributed by atoms with Gasteiger partial charge in [-0.2, -0.15) is 0 Å². The fourth-order valence-electron chi connectivity index (χ4n) is 3.19. The largest absolute Gasteiger partial charge is 0.453 e. The van der Waals surface area contributed by atoms with Crippen LogP contribution in [0.3, 0.4) is 0 Å². The molecule has 1 aliphatic heterocycles. The zero-order chi connectivity index (χ0) is 18.1. The molecule has 2 heterocycles. The summed E-state index contributed by atoms with van der Waals surface area (Å²) in [6.07, 6.45) is 1.08. The van der Waals surface area contributed by atoms with Crippen LogP contribution in [-0.4, -0.2) is 12.0 Å². The number of benzene rings is 2. The third kappa shape index (κ3) is 3.32. The molecule has 3 aromatic rings. The quantitative estimate of drug-likeness (QED) is 0.458. The van der Waals surface area contributed by atoms with E-state index >= 15 is 0 Å². The van der Waals surface area contributed by atoms with Crippen LogP contribution < -0.4 is 15.4 Å². The van der Waals surface area contributed by atoms with Crippen molar-refractivity contribution < 1.29 is 4.74 Å². The number of rotatable bonds is 5. The molecule has 1 aliphatic rings. The number of nitrogens with zero attached hydrogens (tertiary/aromatic N) is 1. The SMILES string of the molecule is CNC(CC(C)C)c1nc(-c2ccc3c(c2)Nc2ccccc2O3)cs1. The van der Waals surface area contributed by atoms with Crippen molar-refractivity contribution in [2.24, 2.45) is 5.92 Å². The van der Waals surface area contributed by atoms with E-state index in [1.165, 1.54) is 0 Å². The Kier molecular flexibility index (Phi) is 4.66. The number of hydrogen-bond donors (Lipinski definition) is 2. The normalized spacial score (nSPS) is 13.5. The molecule has 0 saturated heterocycles. The topological polar surface area (TPSA) is 46.2 Å². The first-order valence-electron chi connectivity index (χ1n) is 8.95. The molecule has 0 bridgehead atoms. The van der Waals surface area contributed by atoms with Gasteiger partial charge in [0.2, 0.25) is 0 Å². The summed E-state index contributed by atoms with van der Waals surface area (Å²) >= 11 is 1.72. The van der Waals surface area contributed by atoms with Gasteiger partial charge in [0.15, 0.2) is 11.5 Å². The van der Waals surface area contributed by atoms with Crippen LogP contribution in [0.1, 0.15) is 31.3 Å². The molecular formula is C21H23N3OS. The van der Waals surface area contributed by atoms with Crippen LogP contribution >= 0.6 is 11.3 Å². The van der Waals surface area contributed by atoms with E-state index < -0.39 is 0 Å². The highest BCUT2D eigenvalue weighted by Crippen LogP contribution is 2.43. The van der Waals surface area contributed by atoms with Gasteiger partial charge in [0.1, 0.15) is 5.01 Å². The average molecular weight is 366 g/mol. The zero-order valence-electron chi connectivity index (χ0n) is 15.2. The van der Waals surface area contributed by atoms with Gasteiger partial charge in [-0.05, 0) is 49.7 Å². The smallest absolute Gasteiger partial charge is 0.151 e. The molecule has 26 heavy (non-hydrogen) atoms. The van der Waals surface area contributed by atoms with E-state index in [1.54, 1.807) is 11.3 Å². The predicted molar refractivity (Wildman–Crippen MR) is 109 cm³/mol. The van der Waals surface area contributed by atoms with Crippen LogP contribution in [0, 0.1) is 5.92 Å². The lowest BCUT2D eigenvalue weighted by atomic mass is 10.0. The first-order valence-corrected chi connectivity index (χ1v) is 9.83. The molecule has 5 heteroatoms. The Labute approximate surface area is 158 Å². The summed E-state index contributed by atoms with van der Waals surface area (Å²) < 4.78 is 5.98. The highest BCUT2D eigenvalue weighted by Gasteiger charge is 2.19. The van der Waals surface area contributed by atoms with Crippen LogP contribution in [0.2, 0.25) is 0 Å². The number of anilines is 2. The number of thiazole rings is 1. The van der Waals surface area contributed by atoms with Crippen LogP contribution in [0.4, 0.5) is 11.4 Å². The number of aromatic nitrogens is 1. The first kappa shape index (κ1) is 17.1. The van der Waals surface area contributed by atoms with Crippen molar-refractivity contribution >= 4 is 22.7 Å². The second-order valence-corrected chi connectivity index (χ2v) is 7.87. The minimum absolute atomic E-state index is 0.305. The minimum Gasteiger partial charge on any atom is -0.453 e. The first-order chi connectivity index (χ1) is 12.6. The van der Waals surface area contributed by atoms with Crippen molar-refractivity contribution in [3.63, 3.8) is 0 Å². The van der Waals surface area contributed by atoms with Crippen molar-refractivity contribution in [2.75, 3.05) is 12.4 Å². The highest BCUT2D eigenvalue weighted by molar-refractivity contribution is 7.10. The Bertz CT molecular complexity index is 919. The summed E-state index contributed by atoms with van der Waals surface area (Å²) in [5.74, 6) is 2.33. The van der Waals surface area contributed by atoms with Crippen LogP contribution in [0.25, 0.3) is 11.3 Å². The molecule has 0 spiro atoms. The molecule has 1 atom stereocenters. The lowest BCUT2D eigenvalue weighted by Gasteiger charge is -2.22. The summed E-state index contributed by atoms with van der Waals surface area (Å²) in [5, 5.41) is 10.1. The average Bonchev–Trinajstić information content (AvgIpc) is 3.13. The lowest BCUT2D eigenvalue weighted by molar-refractivity contribution is 0.455. The Morgan fingerprint density at radius 2 is 1.92 bits per heavy atom. The van der Waals surface area contributed by atoms with Gasteiger partial charge in [-0.3, -0.25) is 0 Å². The molecule has 1 aromatic heterocycles. The van der Waals surface area contributed by atoms with Crippen LogP contribution in [0.5, 0.6) is 11.5 Å². The van der Waals surface area contributed by atoms with Crippen molar-refractivity contribution in [1.29, 1.82) is 0 Å². The summed E-state index contributed by atoms with van der Waals surface area (Å²) in [7, 11) is 2.01. The van der Waals surface area contributed by atoms with Gasteiger partial charge in [-0.1, -0.05) is 26.0 Å². The van der Waals surface area contributed by atoms with Crippen molar-refractivity contribution in [3.8, 4) is 22.8 Å². The maximum atomic E-state index is 5.98. The summed E-state index contributed by atoms with van der Waals surface area (Å²) in [6.45, 7) is 4.48. The Hall–Kier alpha value is -2.37. The molecule has 0 radical (unpaired) electrons. The molecule has 0 saturated carbocycles. The van der Waals surface area contributed by atoms with Gasteiger partial charge in [-0.25, -0.2) is 4.98 Å². The van der Waals surface area contributed by atoms with Gasteiger partial charge in [0.05, 0.1) is 23.1 Å². The van der Waals surface area contributed by atoms with E-state index in [0.29, 0.717) is 12.0 Å². The third-order valence-electron chi connectivity index (χ3n) is 4.53. The lowest BCUT2D eigenvalue weighted by Crippen LogP contribution is -2.18. The molecule has 4 rings (SSSR count). The summed E-state index contributed by atoms with van der Waals surface area (Å²) in [6, 6.07) is 14.5. The molecule has 0 fully saturated rings. The predicted octanol–water partition coefficient (Wildman–Crippen LogP) is 5.97. The van der Waals surface area contributed by atoms with E-state index in [0.717, 1.165) is 45.6 Å². The molecular weight excluding hydrogens is 342 g/mol. The van der Waals surface area contributed by atoms with Gasteiger partial charge < -0.3 is 15.4 Å². The maximum Gasteiger partial charge on any atom is 0.151 e. The van der Waals surface area contributed by atoms with Crippen LogP contribution in [0.15, 0.2) is 47.8 Å². The number of nitrogens with one attached hydrogen (secondary N) is 2. The summed E-state index contributed by atoms with van der Waals surface area (Å²) in [4.78, 5) is 4.89. The van der Waals surface area contributed by atoms with E-state index in [-0.39, 0.29) is 0 Å². The van der Waals surface area contributed by atoms with E-state index in [9.17, 15) is 0 Å². The molecule has 0 amide bonds. The molecule has 134 valence electrons. The molecule has 4 nitrogen and oxygen atoms in total. The van der Waals surface area contributed by atoms with Crippen molar-refractivity contribution in [3.05, 3.63) is 52.9 Å². The van der Waals surface area contributed by atoms with Gasteiger partial charge in [0, 0.05) is 10.9 Å². The van der Waals surface area contributed by atoms with Crippen molar-refractivity contribution in [1.82, 2.24) is 10.3 Å². The minimum atomic E-state index is 0.305. The Morgan fingerprint density at radius 3 is 2.73 bits per heavy atom. The second kappa shape index (κ2) is 7.09. The molecule has 2 N–H and O–H groups in total. The number of fused-ring (bicyclic) bond motifs is 2. The Balaban J connectivity index is 1.60. The maximum absolute atomic E-state index is 5.98. The second-order valence-electron chi connectivity index (χ2n) is 6.98. The third-order valence-corrected chi connectivity index (χ3v) is 5.49.